The third-order valence-corrected chi connectivity index (χ3v) is 1.06. The van der Waals surface area contributed by atoms with E-state index in [1.165, 1.54) is 6.08 Å². The molecule has 0 aromatic carbocycles. The number of hydrogen-bond donors (Lipinski definition) is 0. The molecule has 1 unspecified atom stereocenters. The number of fused-ring (bicyclic) bond motifs is 1. The Balaban J connectivity index is 2.63. The summed E-state index contributed by atoms with van der Waals surface area (Å²) in [5.41, 5.74) is 0.143. The molecular formula is C7H6N2O. The second-order valence-electron chi connectivity index (χ2n) is 1.68. The minimum absolute atomic E-state index is 0.00347. The van der Waals surface area contributed by atoms with Gasteiger partial charge in [-0.25, -0.2) is 9.97 Å². The van der Waals surface area contributed by atoms with E-state index < -0.39 is 6.58 Å². The molecule has 0 N–H and O–H groups in total. The molecule has 10 heavy (non-hydrogen) atoms. The molecule has 3 heteroatoms. The Morgan fingerprint density at radius 1 is 1.80 bits per heavy atom. The van der Waals surface area contributed by atoms with Gasteiger partial charge in [-0.05, 0) is 12.1 Å². The van der Waals surface area contributed by atoms with E-state index >= 15 is 0 Å². The molecule has 0 amide bonds. The summed E-state index contributed by atoms with van der Waals surface area (Å²) in [6.45, 7) is -0.997. The lowest BCUT2D eigenvalue weighted by Crippen LogP contribution is -2.02. The SMILES string of the molecule is [2H]C1=CC([2H])Oc2nc([2H])nc([2H])c21. The minimum Gasteiger partial charge on any atom is -0.473 e. The number of hydrogen-bond acceptors (Lipinski definition) is 3. The number of ether oxygens (including phenoxy) is 1. The Labute approximate surface area is 64.0 Å². The molecule has 0 aliphatic carbocycles. The van der Waals surface area contributed by atoms with Crippen LogP contribution in [0.2, 0.25) is 0 Å². The van der Waals surface area contributed by atoms with Crippen LogP contribution in [-0.4, -0.2) is 16.6 Å². The molecule has 1 aromatic heterocycles. The first kappa shape index (κ1) is 2.70. The van der Waals surface area contributed by atoms with E-state index in [0.717, 1.165) is 0 Å². The average molecular weight is 138 g/mol. The quantitative estimate of drug-likeness (QED) is 0.534. The largest absolute Gasteiger partial charge is 0.473 e. The topological polar surface area (TPSA) is 35.0 Å². The van der Waals surface area contributed by atoms with Gasteiger partial charge in [-0.1, -0.05) is 0 Å². The summed E-state index contributed by atoms with van der Waals surface area (Å²) in [7, 11) is 0. The van der Waals surface area contributed by atoms with Crippen LogP contribution < -0.4 is 4.74 Å². The zero-order chi connectivity index (χ0) is 10.3. The van der Waals surface area contributed by atoms with Gasteiger partial charge in [-0.3, -0.25) is 0 Å². The van der Waals surface area contributed by atoms with Crippen LogP contribution in [0.4, 0.5) is 0 Å². The third-order valence-electron chi connectivity index (χ3n) is 1.06. The van der Waals surface area contributed by atoms with Crippen LogP contribution in [0.25, 0.3) is 6.05 Å². The van der Waals surface area contributed by atoms with Crippen molar-refractivity contribution < 1.29 is 10.2 Å². The Kier molecular flexibility index (Phi) is 0.566. The van der Waals surface area contributed by atoms with Crippen LogP contribution in [0.3, 0.4) is 0 Å². The van der Waals surface area contributed by atoms with Gasteiger partial charge >= 0.3 is 0 Å². The standard InChI is InChI=1S/C7H6N2O/c1-2-6-4-8-5-9-7(6)10-3-1/h1-2,4-5H,3H2/i2D,3D,4D,5D. The van der Waals surface area contributed by atoms with Crippen LogP contribution in [0, 0.1) is 0 Å². The van der Waals surface area contributed by atoms with Gasteiger partial charge in [0.1, 0.15) is 14.3 Å². The molecule has 50 valence electrons. The summed E-state index contributed by atoms with van der Waals surface area (Å²) in [6.07, 6.45) is 0.691. The first-order chi connectivity index (χ1) is 6.58. The fourth-order valence-electron chi connectivity index (χ4n) is 0.650. The fraction of sp³-hybridized carbons (Fsp3) is 0.143. The molecule has 2 heterocycles. The van der Waals surface area contributed by atoms with E-state index in [4.69, 9.17) is 10.2 Å². The third kappa shape index (κ3) is 0.757. The molecule has 1 aliphatic rings. The lowest BCUT2D eigenvalue weighted by atomic mass is 10.3. The molecule has 2 rings (SSSR count). The van der Waals surface area contributed by atoms with E-state index in [2.05, 4.69) is 9.97 Å². The molecule has 0 saturated heterocycles. The van der Waals surface area contributed by atoms with Gasteiger partial charge in [-0.15, -0.1) is 0 Å². The summed E-state index contributed by atoms with van der Waals surface area (Å²) in [5.74, 6) is -0.0255. The lowest BCUT2D eigenvalue weighted by Gasteiger charge is -2.08. The first-order valence-corrected chi connectivity index (χ1v) is 2.71. The molecule has 0 bridgehead atoms. The van der Waals surface area contributed by atoms with Crippen LogP contribution in [0.5, 0.6) is 5.88 Å². The smallest absolute Gasteiger partial charge is 0.224 e. The maximum absolute atomic E-state index is 7.50. The summed E-state index contributed by atoms with van der Waals surface area (Å²) in [5, 5.41) is 0. The predicted octanol–water partition coefficient (Wildman–Crippen LogP) is 0.882. The lowest BCUT2D eigenvalue weighted by molar-refractivity contribution is 0.343. The van der Waals surface area contributed by atoms with Crippen LogP contribution in [0.1, 0.15) is 11.0 Å². The minimum atomic E-state index is -0.997. The zero-order valence-corrected chi connectivity index (χ0v) is 4.96. The summed E-state index contributed by atoms with van der Waals surface area (Å²) >= 11 is 0. The predicted molar refractivity (Wildman–Crippen MR) is 36.6 cm³/mol. The maximum Gasteiger partial charge on any atom is 0.224 e. The van der Waals surface area contributed by atoms with E-state index in [0.29, 0.717) is 0 Å². The maximum atomic E-state index is 7.50. The van der Waals surface area contributed by atoms with Crippen molar-refractivity contribution in [3.05, 3.63) is 24.1 Å². The average Bonchev–Trinajstić information content (AvgIpc) is 1.99. The van der Waals surface area contributed by atoms with Crippen molar-refractivity contribution in [3.63, 3.8) is 0 Å². The van der Waals surface area contributed by atoms with Crippen molar-refractivity contribution in [3.8, 4) is 5.88 Å². The number of nitrogens with zero attached hydrogens (tertiary/aromatic N) is 2. The van der Waals surface area contributed by atoms with Crippen molar-refractivity contribution in [1.82, 2.24) is 9.97 Å². The van der Waals surface area contributed by atoms with E-state index in [-0.39, 0.29) is 30.0 Å². The van der Waals surface area contributed by atoms with Crippen LogP contribution in [-0.2, 0) is 0 Å². The van der Waals surface area contributed by atoms with Crippen molar-refractivity contribution in [1.29, 1.82) is 0 Å². The Morgan fingerprint density at radius 3 is 3.80 bits per heavy atom. The molecule has 3 nitrogen and oxygen atoms in total. The monoisotopic (exact) mass is 138 g/mol. The highest BCUT2D eigenvalue weighted by Gasteiger charge is 2.03. The summed E-state index contributed by atoms with van der Waals surface area (Å²) in [6, 6.07) is -0.00347. The normalized spacial score (nSPS) is 28.0. The van der Waals surface area contributed by atoms with Gasteiger partial charge in [0.05, 0.1) is 9.68 Å². The van der Waals surface area contributed by atoms with Crippen molar-refractivity contribution in [2.24, 2.45) is 0 Å². The Bertz CT molecular complexity index is 420. The Hall–Kier alpha value is -1.38. The molecule has 1 aromatic rings. The molecule has 1 atom stereocenters. The van der Waals surface area contributed by atoms with Crippen LogP contribution >= 0.6 is 0 Å². The number of aromatic nitrogens is 2. The van der Waals surface area contributed by atoms with E-state index in [9.17, 15) is 0 Å². The van der Waals surface area contributed by atoms with Gasteiger partial charge < -0.3 is 4.74 Å². The highest BCUT2D eigenvalue weighted by atomic mass is 16.5. The van der Waals surface area contributed by atoms with Crippen molar-refractivity contribution >= 4 is 6.05 Å². The molecule has 0 radical (unpaired) electrons. The highest BCUT2D eigenvalue weighted by Crippen LogP contribution is 2.17. The Morgan fingerprint density at radius 2 is 2.80 bits per heavy atom. The molecule has 0 spiro atoms. The second kappa shape index (κ2) is 2.10. The van der Waals surface area contributed by atoms with E-state index in [1.807, 2.05) is 0 Å². The molecular weight excluding hydrogens is 128 g/mol. The van der Waals surface area contributed by atoms with Gasteiger partial charge in [-0.2, -0.15) is 0 Å². The summed E-state index contributed by atoms with van der Waals surface area (Å²) in [4.78, 5) is 7.09. The molecule has 1 aliphatic heterocycles. The zero-order valence-electron chi connectivity index (χ0n) is 8.96. The van der Waals surface area contributed by atoms with Gasteiger partial charge in [0.2, 0.25) is 5.88 Å². The second-order valence-corrected chi connectivity index (χ2v) is 1.68. The van der Waals surface area contributed by atoms with Gasteiger partial charge in [0, 0.05) is 6.17 Å². The van der Waals surface area contributed by atoms with Crippen molar-refractivity contribution in [2.75, 3.05) is 6.58 Å². The molecule has 0 saturated carbocycles. The van der Waals surface area contributed by atoms with Crippen molar-refractivity contribution in [2.45, 2.75) is 0 Å². The molecule has 0 fully saturated rings. The van der Waals surface area contributed by atoms with Gasteiger partial charge in [0.15, 0.2) is 0 Å². The highest BCUT2D eigenvalue weighted by molar-refractivity contribution is 5.55. The fourth-order valence-corrected chi connectivity index (χ4v) is 0.650. The first-order valence-electron chi connectivity index (χ1n) is 4.78. The van der Waals surface area contributed by atoms with Crippen LogP contribution in [0.15, 0.2) is 18.6 Å². The van der Waals surface area contributed by atoms with Gasteiger partial charge in [0.25, 0.3) is 0 Å². The number of rotatable bonds is 0. The van der Waals surface area contributed by atoms with E-state index in [1.54, 1.807) is 0 Å². The summed E-state index contributed by atoms with van der Waals surface area (Å²) < 4.78 is 34.3.